The van der Waals surface area contributed by atoms with Gasteiger partial charge in [0.2, 0.25) is 10.0 Å². The molecule has 1 fully saturated rings. The van der Waals surface area contributed by atoms with Gasteiger partial charge < -0.3 is 5.11 Å². The second kappa shape index (κ2) is 4.78. The number of anilines is 1. The van der Waals surface area contributed by atoms with Crippen molar-refractivity contribution >= 4 is 33.3 Å². The van der Waals surface area contributed by atoms with E-state index in [1.54, 1.807) is 0 Å². The summed E-state index contributed by atoms with van der Waals surface area (Å²) < 4.78 is 25.1. The van der Waals surface area contributed by atoms with Crippen molar-refractivity contribution in [1.29, 1.82) is 0 Å². The highest BCUT2D eigenvalue weighted by atomic mass is 35.5. The van der Waals surface area contributed by atoms with Crippen molar-refractivity contribution in [2.75, 3.05) is 16.6 Å². The molecule has 5 nitrogen and oxygen atoms in total. The lowest BCUT2D eigenvalue weighted by Crippen LogP contribution is -2.38. The highest BCUT2D eigenvalue weighted by molar-refractivity contribution is 7.92. The Bertz CT molecular complexity index is 585. The number of sulfonamides is 1. The van der Waals surface area contributed by atoms with E-state index in [-0.39, 0.29) is 22.0 Å². The molecule has 1 heterocycles. The Hall–Kier alpha value is -1.27. The molecule has 0 radical (unpaired) electrons. The maximum absolute atomic E-state index is 11.9. The summed E-state index contributed by atoms with van der Waals surface area (Å²) in [6.45, 7) is 0.338. The highest BCUT2D eigenvalue weighted by Crippen LogP contribution is 2.31. The summed E-state index contributed by atoms with van der Waals surface area (Å²) in [5.74, 6) is -1.04. The van der Waals surface area contributed by atoms with Crippen molar-refractivity contribution < 1.29 is 18.3 Å². The molecule has 1 N–H and O–H groups in total. The summed E-state index contributed by atoms with van der Waals surface area (Å²) >= 11 is 5.96. The smallest absolute Gasteiger partial charge is 0.335 e. The lowest BCUT2D eigenvalue weighted by molar-refractivity contribution is 0.0697. The van der Waals surface area contributed by atoms with Crippen LogP contribution >= 0.6 is 11.6 Å². The lowest BCUT2D eigenvalue weighted by atomic mass is 10.2. The molecule has 0 bridgehead atoms. The number of carboxylic acids is 1. The van der Waals surface area contributed by atoms with Crippen LogP contribution in [0.4, 0.5) is 5.69 Å². The molecular weight excluding hydrogens is 278 g/mol. The molecule has 18 heavy (non-hydrogen) atoms. The molecule has 1 saturated heterocycles. The van der Waals surface area contributed by atoms with Crippen molar-refractivity contribution in [2.24, 2.45) is 0 Å². The Labute approximate surface area is 110 Å². The number of aromatic carboxylic acids is 1. The number of nitrogens with zero attached hydrogens (tertiary/aromatic N) is 1. The number of hydrogen-bond donors (Lipinski definition) is 1. The molecule has 0 saturated carbocycles. The summed E-state index contributed by atoms with van der Waals surface area (Å²) in [5.41, 5.74) is 0.270. The van der Waals surface area contributed by atoms with E-state index >= 15 is 0 Å². The molecule has 0 aliphatic carbocycles. The molecular formula is C11H12ClNO4S. The Balaban J connectivity index is 2.49. The molecule has 1 aliphatic heterocycles. The molecule has 1 aromatic carbocycles. The number of hydrogen-bond acceptors (Lipinski definition) is 3. The lowest BCUT2D eigenvalue weighted by Gasteiger charge is -2.29. The van der Waals surface area contributed by atoms with Crippen LogP contribution in [0.25, 0.3) is 0 Å². The van der Waals surface area contributed by atoms with Gasteiger partial charge in [-0.05, 0) is 31.0 Å². The van der Waals surface area contributed by atoms with Gasteiger partial charge in [-0.1, -0.05) is 11.6 Å². The van der Waals surface area contributed by atoms with E-state index in [4.69, 9.17) is 16.7 Å². The predicted octanol–water partition coefficient (Wildman–Crippen LogP) is 1.97. The van der Waals surface area contributed by atoms with E-state index in [0.29, 0.717) is 13.0 Å². The molecule has 1 aromatic rings. The zero-order valence-electron chi connectivity index (χ0n) is 9.47. The van der Waals surface area contributed by atoms with Crippen LogP contribution in [-0.4, -0.2) is 31.8 Å². The molecule has 2 rings (SSSR count). The molecule has 0 amide bonds. The first kappa shape index (κ1) is 13.2. The average Bonchev–Trinajstić information content (AvgIpc) is 2.29. The molecule has 0 aromatic heterocycles. The average molecular weight is 290 g/mol. The van der Waals surface area contributed by atoms with Gasteiger partial charge in [-0.25, -0.2) is 13.2 Å². The van der Waals surface area contributed by atoms with Crippen molar-refractivity contribution in [3.8, 4) is 0 Å². The molecule has 98 valence electrons. The van der Waals surface area contributed by atoms with E-state index in [1.165, 1.54) is 22.5 Å². The van der Waals surface area contributed by atoms with Crippen LogP contribution in [-0.2, 0) is 10.0 Å². The molecule has 0 unspecified atom stereocenters. The predicted molar refractivity (Wildman–Crippen MR) is 68.8 cm³/mol. The maximum atomic E-state index is 11.9. The monoisotopic (exact) mass is 289 g/mol. The van der Waals surface area contributed by atoms with Crippen LogP contribution in [0.3, 0.4) is 0 Å². The van der Waals surface area contributed by atoms with E-state index in [9.17, 15) is 13.2 Å². The fourth-order valence-corrected chi connectivity index (χ4v) is 3.81. The first-order valence-corrected chi connectivity index (χ1v) is 7.44. The summed E-state index contributed by atoms with van der Waals surface area (Å²) in [6.07, 6.45) is 1.36. The number of halogens is 1. The summed E-state index contributed by atoms with van der Waals surface area (Å²) in [6, 6.07) is 4.06. The van der Waals surface area contributed by atoms with Crippen LogP contribution in [0.15, 0.2) is 18.2 Å². The third-order valence-electron chi connectivity index (χ3n) is 2.81. The van der Waals surface area contributed by atoms with E-state index in [2.05, 4.69) is 0 Å². The van der Waals surface area contributed by atoms with Crippen molar-refractivity contribution in [3.63, 3.8) is 0 Å². The zero-order chi connectivity index (χ0) is 13.3. The Kier molecular flexibility index (Phi) is 3.49. The summed E-state index contributed by atoms with van der Waals surface area (Å²) in [5, 5.41) is 9.16. The van der Waals surface area contributed by atoms with Gasteiger partial charge in [0, 0.05) is 6.54 Å². The highest BCUT2D eigenvalue weighted by Gasteiger charge is 2.28. The van der Waals surface area contributed by atoms with Crippen LogP contribution in [0, 0.1) is 0 Å². The minimum absolute atomic E-state index is 0.0233. The van der Waals surface area contributed by atoms with Gasteiger partial charge in [-0.2, -0.15) is 0 Å². The molecule has 0 spiro atoms. The fraction of sp³-hybridized carbons (Fsp3) is 0.364. The van der Waals surface area contributed by atoms with E-state index in [0.717, 1.165) is 6.42 Å². The quantitative estimate of drug-likeness (QED) is 0.903. The second-order valence-corrected chi connectivity index (χ2v) is 6.49. The third-order valence-corrected chi connectivity index (χ3v) is 4.99. The number of benzene rings is 1. The fourth-order valence-electron chi connectivity index (χ4n) is 1.90. The normalized spacial score (nSPS) is 18.6. The van der Waals surface area contributed by atoms with Crippen molar-refractivity contribution in [3.05, 3.63) is 28.8 Å². The Morgan fingerprint density at radius 1 is 1.33 bits per heavy atom. The van der Waals surface area contributed by atoms with Crippen LogP contribution in [0.2, 0.25) is 5.02 Å². The van der Waals surface area contributed by atoms with Crippen LogP contribution in [0.1, 0.15) is 23.2 Å². The first-order chi connectivity index (χ1) is 8.42. The summed E-state index contributed by atoms with van der Waals surface area (Å²) in [4.78, 5) is 10.9. The molecule has 1 aliphatic rings. The zero-order valence-corrected chi connectivity index (χ0v) is 11.0. The maximum Gasteiger partial charge on any atom is 0.335 e. The van der Waals surface area contributed by atoms with Crippen LogP contribution < -0.4 is 4.31 Å². The van der Waals surface area contributed by atoms with Gasteiger partial charge in [0.25, 0.3) is 0 Å². The largest absolute Gasteiger partial charge is 0.478 e. The van der Waals surface area contributed by atoms with Crippen molar-refractivity contribution in [1.82, 2.24) is 0 Å². The number of carboxylic acid groups (broad SMARTS) is 1. The third kappa shape index (κ3) is 2.44. The minimum atomic E-state index is -3.39. The van der Waals surface area contributed by atoms with Crippen LogP contribution in [0.5, 0.6) is 0 Å². The first-order valence-electron chi connectivity index (χ1n) is 5.45. The Morgan fingerprint density at radius 2 is 2.06 bits per heavy atom. The topological polar surface area (TPSA) is 74.7 Å². The number of carbonyl (C=O) groups is 1. The van der Waals surface area contributed by atoms with Gasteiger partial charge in [0.05, 0.1) is 22.0 Å². The van der Waals surface area contributed by atoms with Gasteiger partial charge in [-0.15, -0.1) is 0 Å². The van der Waals surface area contributed by atoms with Gasteiger partial charge in [-0.3, -0.25) is 4.31 Å². The van der Waals surface area contributed by atoms with E-state index in [1.807, 2.05) is 0 Å². The Morgan fingerprint density at radius 3 is 2.67 bits per heavy atom. The summed E-state index contributed by atoms with van der Waals surface area (Å²) in [7, 11) is -3.39. The van der Waals surface area contributed by atoms with Crippen molar-refractivity contribution in [2.45, 2.75) is 12.8 Å². The number of rotatable bonds is 2. The van der Waals surface area contributed by atoms with Gasteiger partial charge in [0.15, 0.2) is 0 Å². The molecule has 7 heteroatoms. The minimum Gasteiger partial charge on any atom is -0.478 e. The second-order valence-electron chi connectivity index (χ2n) is 4.07. The molecule has 0 atom stereocenters. The SMILES string of the molecule is O=C(O)c1ccc(Cl)c(N2CCCCS2(=O)=O)c1. The van der Waals surface area contributed by atoms with Gasteiger partial charge in [0.1, 0.15) is 0 Å². The van der Waals surface area contributed by atoms with E-state index < -0.39 is 16.0 Å². The van der Waals surface area contributed by atoms with Gasteiger partial charge >= 0.3 is 5.97 Å². The standard InChI is InChI=1S/C11H12ClNO4S/c12-9-4-3-8(11(14)15)7-10(9)13-5-1-2-6-18(13,16)17/h3-4,7H,1-2,5-6H2,(H,14,15).